The maximum atomic E-state index is 11.6. The van der Waals surface area contributed by atoms with E-state index >= 15 is 0 Å². The van der Waals surface area contributed by atoms with Crippen molar-refractivity contribution in [2.24, 2.45) is 10.9 Å². The maximum Gasteiger partial charge on any atom is 0.391 e. The lowest BCUT2D eigenvalue weighted by atomic mass is 10.3. The highest BCUT2D eigenvalue weighted by Gasteiger charge is 2.26. The van der Waals surface area contributed by atoms with Crippen LogP contribution in [0, 0.1) is 0 Å². The number of hydrogen-bond donors (Lipinski definition) is 2. The summed E-state index contributed by atoms with van der Waals surface area (Å²) in [6, 6.07) is 0. The lowest BCUT2D eigenvalue weighted by molar-refractivity contribution is -0.145. The van der Waals surface area contributed by atoms with Gasteiger partial charge in [0.2, 0.25) is 0 Å². The van der Waals surface area contributed by atoms with Crippen molar-refractivity contribution in [2.75, 3.05) is 13.2 Å². The van der Waals surface area contributed by atoms with E-state index in [0.717, 1.165) is 0 Å². The summed E-state index contributed by atoms with van der Waals surface area (Å²) in [7, 11) is 0. The normalized spacial score (nSPS) is 13.2. The molecule has 0 aliphatic rings. The topological polar surface area (TPSA) is 67.8 Å². The van der Waals surface area contributed by atoms with E-state index in [1.807, 2.05) is 0 Å². The minimum atomic E-state index is -4.18. The Morgan fingerprint density at radius 2 is 2.00 bits per heavy atom. The van der Waals surface area contributed by atoms with E-state index in [4.69, 9.17) is 15.7 Å². The molecule has 0 saturated carbocycles. The second kappa shape index (κ2) is 6.47. The number of halogens is 3. The molecular formula is C7H13F3N2O2. The van der Waals surface area contributed by atoms with Gasteiger partial charge in [-0.15, -0.1) is 0 Å². The summed E-state index contributed by atoms with van der Waals surface area (Å²) < 4.78 is 39.5. The summed E-state index contributed by atoms with van der Waals surface area (Å²) in [5.41, 5.74) is 5.12. The predicted octanol–water partition coefficient (Wildman–Crippen LogP) is 1.48. The average Bonchev–Trinajstić information content (AvgIpc) is 2.08. The SMILES string of the molecule is NC(CCCOCCC(F)(F)F)=NO. The minimum Gasteiger partial charge on any atom is -0.409 e. The van der Waals surface area contributed by atoms with E-state index < -0.39 is 12.6 Å². The first-order chi connectivity index (χ1) is 6.45. The zero-order valence-electron chi connectivity index (χ0n) is 7.55. The Balaban J connectivity index is 3.23. The average molecular weight is 214 g/mol. The van der Waals surface area contributed by atoms with Gasteiger partial charge in [0.15, 0.2) is 0 Å². The number of hydrogen-bond acceptors (Lipinski definition) is 3. The van der Waals surface area contributed by atoms with Crippen molar-refractivity contribution in [1.82, 2.24) is 0 Å². The third-order valence-electron chi connectivity index (χ3n) is 1.38. The second-order valence-electron chi connectivity index (χ2n) is 2.67. The van der Waals surface area contributed by atoms with Gasteiger partial charge in [0.25, 0.3) is 0 Å². The van der Waals surface area contributed by atoms with E-state index in [0.29, 0.717) is 12.8 Å². The molecule has 0 bridgehead atoms. The van der Waals surface area contributed by atoms with Crippen molar-refractivity contribution in [3.05, 3.63) is 0 Å². The molecule has 0 aromatic heterocycles. The van der Waals surface area contributed by atoms with Gasteiger partial charge in [-0.3, -0.25) is 0 Å². The molecule has 0 radical (unpaired) electrons. The van der Waals surface area contributed by atoms with Crippen LogP contribution in [0.25, 0.3) is 0 Å². The van der Waals surface area contributed by atoms with Crippen molar-refractivity contribution in [2.45, 2.75) is 25.4 Å². The van der Waals surface area contributed by atoms with Crippen LogP contribution in [0.5, 0.6) is 0 Å². The molecule has 14 heavy (non-hydrogen) atoms. The van der Waals surface area contributed by atoms with Crippen molar-refractivity contribution in [3.63, 3.8) is 0 Å². The number of nitrogens with two attached hydrogens (primary N) is 1. The molecule has 0 heterocycles. The summed E-state index contributed by atoms with van der Waals surface area (Å²) in [6.45, 7) is -0.175. The minimum absolute atomic E-state index is 0.0458. The van der Waals surface area contributed by atoms with Crippen LogP contribution >= 0.6 is 0 Å². The molecule has 0 aliphatic heterocycles. The zero-order chi connectivity index (χ0) is 11.0. The highest BCUT2D eigenvalue weighted by atomic mass is 19.4. The Kier molecular flexibility index (Phi) is 6.02. The molecule has 0 aromatic carbocycles. The second-order valence-corrected chi connectivity index (χ2v) is 2.67. The Bertz CT molecular complexity index is 182. The van der Waals surface area contributed by atoms with Crippen molar-refractivity contribution in [3.8, 4) is 0 Å². The smallest absolute Gasteiger partial charge is 0.391 e. The fraction of sp³-hybridized carbons (Fsp3) is 0.857. The van der Waals surface area contributed by atoms with Gasteiger partial charge in [0, 0.05) is 13.0 Å². The summed E-state index contributed by atoms with van der Waals surface area (Å²) in [4.78, 5) is 0. The van der Waals surface area contributed by atoms with Crippen LogP contribution in [0.2, 0.25) is 0 Å². The van der Waals surface area contributed by atoms with Gasteiger partial charge < -0.3 is 15.7 Å². The largest absolute Gasteiger partial charge is 0.409 e. The first kappa shape index (κ1) is 13.0. The molecule has 0 atom stereocenters. The van der Waals surface area contributed by atoms with Crippen molar-refractivity contribution >= 4 is 5.84 Å². The molecule has 3 N–H and O–H groups in total. The van der Waals surface area contributed by atoms with Crippen LogP contribution < -0.4 is 5.73 Å². The quantitative estimate of drug-likeness (QED) is 0.231. The highest BCUT2D eigenvalue weighted by molar-refractivity contribution is 5.79. The van der Waals surface area contributed by atoms with Crippen molar-refractivity contribution in [1.29, 1.82) is 0 Å². The fourth-order valence-electron chi connectivity index (χ4n) is 0.695. The Labute approximate surface area is 79.5 Å². The molecular weight excluding hydrogens is 201 g/mol. The predicted molar refractivity (Wildman–Crippen MR) is 44.1 cm³/mol. The van der Waals surface area contributed by atoms with E-state index in [9.17, 15) is 13.2 Å². The standard InChI is InChI=1S/C7H13F3N2O2/c8-7(9,10)3-5-14-4-1-2-6(11)12-13/h13H,1-5H2,(H2,11,12). The van der Waals surface area contributed by atoms with Crippen LogP contribution in [0.4, 0.5) is 13.2 Å². The number of ether oxygens (including phenoxy) is 1. The van der Waals surface area contributed by atoms with Gasteiger partial charge in [-0.1, -0.05) is 5.16 Å². The first-order valence-electron chi connectivity index (χ1n) is 4.06. The van der Waals surface area contributed by atoms with E-state index in [1.54, 1.807) is 0 Å². The third kappa shape index (κ3) is 9.11. The van der Waals surface area contributed by atoms with Crippen molar-refractivity contribution < 1.29 is 23.1 Å². The molecule has 4 nitrogen and oxygen atoms in total. The Morgan fingerprint density at radius 1 is 1.36 bits per heavy atom. The molecule has 0 rings (SSSR count). The van der Waals surface area contributed by atoms with Crippen LogP contribution in [0.15, 0.2) is 5.16 Å². The fourth-order valence-corrected chi connectivity index (χ4v) is 0.695. The van der Waals surface area contributed by atoms with Crippen LogP contribution in [0.3, 0.4) is 0 Å². The van der Waals surface area contributed by atoms with Gasteiger partial charge in [0.1, 0.15) is 5.84 Å². The Morgan fingerprint density at radius 3 is 2.50 bits per heavy atom. The summed E-state index contributed by atoms with van der Waals surface area (Å²) >= 11 is 0. The number of nitrogens with zero attached hydrogens (tertiary/aromatic N) is 1. The summed E-state index contributed by atoms with van der Waals surface area (Å²) in [5.74, 6) is 0.0458. The molecule has 0 aliphatic carbocycles. The molecule has 0 spiro atoms. The highest BCUT2D eigenvalue weighted by Crippen LogP contribution is 2.18. The van der Waals surface area contributed by atoms with E-state index in [-0.39, 0.29) is 19.0 Å². The molecule has 0 amide bonds. The molecule has 0 saturated heterocycles. The Hall–Kier alpha value is -0.980. The molecule has 0 aromatic rings. The van der Waals surface area contributed by atoms with E-state index in [2.05, 4.69) is 5.16 Å². The monoisotopic (exact) mass is 214 g/mol. The van der Waals surface area contributed by atoms with Gasteiger partial charge >= 0.3 is 6.18 Å². The first-order valence-corrected chi connectivity index (χ1v) is 4.06. The number of alkyl halides is 3. The number of oxime groups is 1. The molecule has 0 fully saturated rings. The lowest BCUT2D eigenvalue weighted by Gasteiger charge is -2.06. The van der Waals surface area contributed by atoms with Crippen LogP contribution in [-0.2, 0) is 4.74 Å². The summed E-state index contributed by atoms with van der Waals surface area (Å²) in [5, 5.41) is 10.8. The third-order valence-corrected chi connectivity index (χ3v) is 1.38. The van der Waals surface area contributed by atoms with Gasteiger partial charge in [-0.05, 0) is 6.42 Å². The maximum absolute atomic E-state index is 11.6. The van der Waals surface area contributed by atoms with Crippen LogP contribution in [-0.4, -0.2) is 30.4 Å². The van der Waals surface area contributed by atoms with Gasteiger partial charge in [-0.2, -0.15) is 13.2 Å². The number of rotatable bonds is 6. The number of amidine groups is 1. The summed E-state index contributed by atoms with van der Waals surface area (Å²) in [6.07, 6.45) is -4.38. The van der Waals surface area contributed by atoms with Gasteiger partial charge in [-0.25, -0.2) is 0 Å². The molecule has 0 unspecified atom stereocenters. The molecule has 7 heteroatoms. The zero-order valence-corrected chi connectivity index (χ0v) is 7.55. The molecule has 84 valence electrons. The van der Waals surface area contributed by atoms with E-state index in [1.165, 1.54) is 0 Å². The lowest BCUT2D eigenvalue weighted by Crippen LogP contribution is -2.14. The van der Waals surface area contributed by atoms with Gasteiger partial charge in [0.05, 0.1) is 13.0 Å². The van der Waals surface area contributed by atoms with Crippen LogP contribution in [0.1, 0.15) is 19.3 Å².